The molecule has 0 aliphatic carbocycles. The van der Waals surface area contributed by atoms with Crippen LogP contribution in [0.1, 0.15) is 10.6 Å². The van der Waals surface area contributed by atoms with Gasteiger partial charge in [0.1, 0.15) is 16.8 Å². The van der Waals surface area contributed by atoms with Crippen molar-refractivity contribution in [3.8, 4) is 34.2 Å². The zero-order valence-electron chi connectivity index (χ0n) is 15.9. The lowest BCUT2D eigenvalue weighted by Gasteiger charge is -2.02. The van der Waals surface area contributed by atoms with Crippen molar-refractivity contribution >= 4 is 23.0 Å². The highest BCUT2D eigenvalue weighted by Crippen LogP contribution is 2.28. The number of nitriles is 1. The summed E-state index contributed by atoms with van der Waals surface area (Å²) in [6.07, 6.45) is 1.88. The van der Waals surface area contributed by atoms with E-state index in [1.165, 1.54) is 16.9 Å². The molecule has 0 aliphatic rings. The largest absolute Gasteiger partial charge is 0.497 e. The molecule has 29 heavy (non-hydrogen) atoms. The summed E-state index contributed by atoms with van der Waals surface area (Å²) in [5.74, 6) is 0.806. The Kier molecular flexibility index (Phi) is 5.51. The Labute approximate surface area is 174 Å². The molecule has 140 valence electrons. The van der Waals surface area contributed by atoms with Gasteiger partial charge in [-0.1, -0.05) is 54.6 Å². The molecule has 4 rings (SSSR count). The zero-order valence-corrected chi connectivity index (χ0v) is 16.7. The summed E-state index contributed by atoms with van der Waals surface area (Å²) >= 11 is 1.47. The van der Waals surface area contributed by atoms with Crippen molar-refractivity contribution in [1.82, 2.24) is 4.98 Å². The van der Waals surface area contributed by atoms with Gasteiger partial charge in [0.15, 0.2) is 0 Å². The number of allylic oxidation sites excluding steroid dienone is 1. The topological polar surface area (TPSA) is 45.9 Å². The molecule has 4 aromatic rings. The highest BCUT2D eigenvalue weighted by Gasteiger charge is 2.09. The highest BCUT2D eigenvalue weighted by atomic mass is 32.1. The summed E-state index contributed by atoms with van der Waals surface area (Å²) in [6, 6.07) is 28.5. The SMILES string of the molecule is COc1ccc(-c2csc(/C(C#N)=C\c3ccc(-c4ccccc4)cc3)n2)cc1. The number of benzene rings is 3. The summed E-state index contributed by atoms with van der Waals surface area (Å²) in [4.78, 5) is 4.66. The third kappa shape index (κ3) is 4.26. The first kappa shape index (κ1) is 18.7. The van der Waals surface area contributed by atoms with Crippen molar-refractivity contribution in [3.05, 3.63) is 94.8 Å². The van der Waals surface area contributed by atoms with Crippen molar-refractivity contribution in [2.45, 2.75) is 0 Å². The maximum absolute atomic E-state index is 9.65. The Bertz CT molecular complexity index is 1170. The van der Waals surface area contributed by atoms with Crippen molar-refractivity contribution in [1.29, 1.82) is 5.26 Å². The lowest BCUT2D eigenvalue weighted by Crippen LogP contribution is -1.85. The molecule has 0 bridgehead atoms. The molecule has 0 spiro atoms. The lowest BCUT2D eigenvalue weighted by molar-refractivity contribution is 0.415. The maximum Gasteiger partial charge on any atom is 0.134 e. The normalized spacial score (nSPS) is 11.1. The standard InChI is InChI=1S/C25H18N2OS/c1-28-23-13-11-21(12-14-23)24-17-29-25(27-24)22(16-26)15-18-7-9-20(10-8-18)19-5-3-2-4-6-19/h2-15,17H,1H3/b22-15-. The van der Waals surface area contributed by atoms with Crippen molar-refractivity contribution in [2.75, 3.05) is 7.11 Å². The molecule has 0 saturated heterocycles. The molecule has 0 N–H and O–H groups in total. The summed E-state index contributed by atoms with van der Waals surface area (Å²) in [5, 5.41) is 12.3. The van der Waals surface area contributed by atoms with Gasteiger partial charge in [-0.25, -0.2) is 4.98 Å². The molecule has 0 saturated carbocycles. The second-order valence-corrected chi connectivity index (χ2v) is 7.28. The minimum absolute atomic E-state index is 0.558. The van der Waals surface area contributed by atoms with Crippen LogP contribution in [0, 0.1) is 11.3 Å². The van der Waals surface area contributed by atoms with Gasteiger partial charge >= 0.3 is 0 Å². The predicted molar refractivity (Wildman–Crippen MR) is 119 cm³/mol. The first-order chi connectivity index (χ1) is 14.3. The van der Waals surface area contributed by atoms with Crippen LogP contribution in [-0.2, 0) is 0 Å². The third-order valence-corrected chi connectivity index (χ3v) is 5.45. The van der Waals surface area contributed by atoms with Crippen LogP contribution in [0.25, 0.3) is 34.0 Å². The van der Waals surface area contributed by atoms with Crippen LogP contribution in [0.5, 0.6) is 5.75 Å². The molecule has 4 heteroatoms. The Hall–Kier alpha value is -3.68. The first-order valence-corrected chi connectivity index (χ1v) is 10.0. The fraction of sp³-hybridized carbons (Fsp3) is 0.0400. The fourth-order valence-electron chi connectivity index (χ4n) is 3.00. The monoisotopic (exact) mass is 394 g/mol. The molecule has 1 aromatic heterocycles. The average molecular weight is 394 g/mol. The highest BCUT2D eigenvalue weighted by molar-refractivity contribution is 7.11. The fourth-order valence-corrected chi connectivity index (χ4v) is 3.80. The number of ether oxygens (including phenoxy) is 1. The first-order valence-electron chi connectivity index (χ1n) is 9.14. The van der Waals surface area contributed by atoms with E-state index in [0.29, 0.717) is 10.6 Å². The lowest BCUT2D eigenvalue weighted by atomic mass is 10.0. The Morgan fingerprint density at radius 2 is 1.55 bits per heavy atom. The Morgan fingerprint density at radius 3 is 2.21 bits per heavy atom. The number of hydrogen-bond donors (Lipinski definition) is 0. The van der Waals surface area contributed by atoms with Crippen LogP contribution in [0.4, 0.5) is 0 Å². The maximum atomic E-state index is 9.65. The van der Waals surface area contributed by atoms with E-state index in [-0.39, 0.29) is 0 Å². The van der Waals surface area contributed by atoms with Crippen molar-refractivity contribution in [2.24, 2.45) is 0 Å². The molecule has 0 unspecified atom stereocenters. The summed E-state index contributed by atoms with van der Waals surface area (Å²) in [7, 11) is 1.65. The molecule has 3 aromatic carbocycles. The van der Waals surface area contributed by atoms with E-state index in [1.807, 2.05) is 66.1 Å². The van der Waals surface area contributed by atoms with Gasteiger partial charge < -0.3 is 4.74 Å². The van der Waals surface area contributed by atoms with Crippen LogP contribution >= 0.6 is 11.3 Å². The number of hydrogen-bond acceptors (Lipinski definition) is 4. The minimum Gasteiger partial charge on any atom is -0.497 e. The quantitative estimate of drug-likeness (QED) is 0.361. The third-order valence-electron chi connectivity index (χ3n) is 4.57. The second kappa shape index (κ2) is 8.55. The summed E-state index contributed by atoms with van der Waals surface area (Å²) < 4.78 is 5.20. The molecule has 0 amide bonds. The van der Waals surface area contributed by atoms with Gasteiger partial charge in [0.25, 0.3) is 0 Å². The summed E-state index contributed by atoms with van der Waals surface area (Å²) in [6.45, 7) is 0. The minimum atomic E-state index is 0.558. The van der Waals surface area contributed by atoms with Gasteiger partial charge in [0, 0.05) is 10.9 Å². The van der Waals surface area contributed by atoms with Crippen LogP contribution in [0.2, 0.25) is 0 Å². The smallest absolute Gasteiger partial charge is 0.134 e. The van der Waals surface area contributed by atoms with E-state index in [2.05, 4.69) is 35.3 Å². The van der Waals surface area contributed by atoms with E-state index in [4.69, 9.17) is 4.74 Å². The molecular weight excluding hydrogens is 376 g/mol. The predicted octanol–water partition coefficient (Wildman–Crippen LogP) is 6.55. The van der Waals surface area contributed by atoms with Gasteiger partial charge in [-0.05, 0) is 47.0 Å². The molecule has 1 heterocycles. The molecule has 3 nitrogen and oxygen atoms in total. The zero-order chi connectivity index (χ0) is 20.1. The van der Waals surface area contributed by atoms with Gasteiger partial charge in [-0.2, -0.15) is 5.26 Å². The second-order valence-electron chi connectivity index (χ2n) is 6.42. The molecular formula is C25H18N2OS. The number of nitrogens with zero attached hydrogens (tertiary/aromatic N) is 2. The Balaban J connectivity index is 1.58. The van der Waals surface area contributed by atoms with Gasteiger partial charge in [0.05, 0.1) is 18.4 Å². The molecule has 0 radical (unpaired) electrons. The van der Waals surface area contributed by atoms with Crippen LogP contribution in [0.15, 0.2) is 84.2 Å². The van der Waals surface area contributed by atoms with Gasteiger partial charge in [-0.15, -0.1) is 11.3 Å². The van der Waals surface area contributed by atoms with Gasteiger partial charge in [0.2, 0.25) is 0 Å². The van der Waals surface area contributed by atoms with E-state index in [0.717, 1.165) is 28.1 Å². The van der Waals surface area contributed by atoms with E-state index >= 15 is 0 Å². The van der Waals surface area contributed by atoms with Crippen molar-refractivity contribution < 1.29 is 4.74 Å². The number of rotatable bonds is 5. The van der Waals surface area contributed by atoms with Crippen LogP contribution in [-0.4, -0.2) is 12.1 Å². The van der Waals surface area contributed by atoms with E-state index in [9.17, 15) is 5.26 Å². The van der Waals surface area contributed by atoms with Crippen LogP contribution < -0.4 is 4.74 Å². The average Bonchev–Trinajstić information content (AvgIpc) is 3.28. The molecule has 0 fully saturated rings. The van der Waals surface area contributed by atoms with Gasteiger partial charge in [-0.3, -0.25) is 0 Å². The molecule has 0 aliphatic heterocycles. The summed E-state index contributed by atoms with van der Waals surface area (Å²) in [5.41, 5.74) is 5.71. The number of thiazole rings is 1. The number of aromatic nitrogens is 1. The van der Waals surface area contributed by atoms with E-state index in [1.54, 1.807) is 7.11 Å². The molecule has 0 atom stereocenters. The van der Waals surface area contributed by atoms with Crippen molar-refractivity contribution in [3.63, 3.8) is 0 Å². The Morgan fingerprint density at radius 1 is 0.897 bits per heavy atom. The van der Waals surface area contributed by atoms with Crippen LogP contribution in [0.3, 0.4) is 0 Å². The number of methoxy groups -OCH3 is 1. The van der Waals surface area contributed by atoms with E-state index < -0.39 is 0 Å².